The molecule has 0 unspecified atom stereocenters. The molecule has 0 saturated heterocycles. The molecule has 0 spiro atoms. The third kappa shape index (κ3) is 10.1. The van der Waals surface area contributed by atoms with Crippen LogP contribution in [0.5, 0.6) is 0 Å². The summed E-state index contributed by atoms with van der Waals surface area (Å²) >= 11 is 11.4. The van der Waals surface area contributed by atoms with Crippen LogP contribution in [0.3, 0.4) is 0 Å². The van der Waals surface area contributed by atoms with Gasteiger partial charge in [0.05, 0.1) is 32.1 Å². The lowest BCUT2D eigenvalue weighted by Crippen LogP contribution is -2.18. The molecule has 4 aromatic rings. The number of benzene rings is 4. The lowest BCUT2D eigenvalue weighted by Gasteiger charge is -2.03. The van der Waals surface area contributed by atoms with Crippen molar-refractivity contribution < 1.29 is 26.7 Å². The van der Waals surface area contributed by atoms with Gasteiger partial charge in [0, 0.05) is 34.3 Å². The quantitative estimate of drug-likeness (QED) is 0.130. The summed E-state index contributed by atoms with van der Waals surface area (Å²) in [4.78, 5) is 24.1. The van der Waals surface area contributed by atoms with Crippen LogP contribution in [0.15, 0.2) is 117 Å². The van der Waals surface area contributed by atoms with Gasteiger partial charge in [0.15, 0.2) is 0 Å². The molecule has 0 aliphatic carbocycles. The highest BCUT2D eigenvalue weighted by molar-refractivity contribution is 7.89. The smallest absolute Gasteiger partial charge is 0.258 e. The second kappa shape index (κ2) is 15.0. The Morgan fingerprint density at radius 2 is 0.841 bits per heavy atom. The molecule has 0 aliphatic rings. The summed E-state index contributed by atoms with van der Waals surface area (Å²) in [5.41, 5.74) is 0.923. The molecule has 44 heavy (non-hydrogen) atoms. The molecular weight excluding hydrogens is 659 g/mol. The maximum absolute atomic E-state index is 11.9. The van der Waals surface area contributed by atoms with Crippen LogP contribution >= 0.6 is 23.2 Å². The molecule has 0 fully saturated rings. The van der Waals surface area contributed by atoms with Gasteiger partial charge < -0.3 is 0 Å². The Hall–Kier alpha value is -4.90. The van der Waals surface area contributed by atoms with Crippen molar-refractivity contribution in [2.75, 3.05) is 0 Å². The molecule has 0 atom stereocenters. The Morgan fingerprint density at radius 1 is 0.545 bits per heavy atom. The minimum Gasteiger partial charge on any atom is -0.258 e. The number of nitrogens with zero attached hydrogens (tertiary/aromatic N) is 4. The first-order valence-electron chi connectivity index (χ1n) is 11.9. The van der Waals surface area contributed by atoms with Crippen LogP contribution in [0, 0.1) is 20.2 Å². The van der Waals surface area contributed by atoms with E-state index in [4.69, 9.17) is 23.2 Å². The largest absolute Gasteiger partial charge is 0.276 e. The molecule has 0 amide bonds. The first-order chi connectivity index (χ1) is 20.8. The van der Waals surface area contributed by atoms with E-state index in [0.29, 0.717) is 21.2 Å². The zero-order valence-corrected chi connectivity index (χ0v) is 25.2. The Balaban J connectivity index is 0.000000240. The molecule has 4 aromatic carbocycles. The summed E-state index contributed by atoms with van der Waals surface area (Å²) in [7, 11) is -7.57. The lowest BCUT2D eigenvalue weighted by atomic mass is 10.2. The van der Waals surface area contributed by atoms with Crippen LogP contribution in [0.2, 0.25) is 10.0 Å². The van der Waals surface area contributed by atoms with Gasteiger partial charge in [-0.15, -0.1) is 0 Å². The van der Waals surface area contributed by atoms with E-state index in [-0.39, 0.29) is 21.2 Å². The molecule has 18 heteroatoms. The first kappa shape index (κ1) is 33.6. The standard InChI is InChI=1S/2C13H10ClN3O4S/c2*14-11-3-7-13(8-4-11)22(20,21)16-15-9-10-1-5-12(6-2-10)17(18)19/h2*1-9,16H/b2*15-9+. The van der Waals surface area contributed by atoms with Crippen molar-refractivity contribution in [3.05, 3.63) is 138 Å². The minimum atomic E-state index is -3.78. The minimum absolute atomic E-state index is 0.0257. The van der Waals surface area contributed by atoms with Crippen LogP contribution < -0.4 is 9.66 Å². The predicted octanol–water partition coefficient (Wildman–Crippen LogP) is 5.12. The third-order valence-electron chi connectivity index (χ3n) is 5.23. The van der Waals surface area contributed by atoms with Crippen molar-refractivity contribution in [2.45, 2.75) is 9.79 Å². The summed E-state index contributed by atoms with van der Waals surface area (Å²) in [6, 6.07) is 22.3. The fourth-order valence-electron chi connectivity index (χ4n) is 3.04. The monoisotopic (exact) mass is 678 g/mol. The van der Waals surface area contributed by atoms with Gasteiger partial charge in [0.2, 0.25) is 0 Å². The molecule has 14 nitrogen and oxygen atoms in total. The number of halogens is 2. The molecule has 228 valence electrons. The molecular formula is C26H20Cl2N6O8S2. The van der Waals surface area contributed by atoms with E-state index in [0.717, 1.165) is 0 Å². The van der Waals surface area contributed by atoms with E-state index >= 15 is 0 Å². The van der Waals surface area contributed by atoms with Crippen LogP contribution in [0.4, 0.5) is 11.4 Å². The number of rotatable bonds is 10. The number of nitro benzene ring substituents is 2. The Bertz CT molecular complexity index is 1750. The van der Waals surface area contributed by atoms with Crippen molar-refractivity contribution in [3.63, 3.8) is 0 Å². The van der Waals surface area contributed by atoms with Crippen LogP contribution in [0.1, 0.15) is 11.1 Å². The second-order valence-electron chi connectivity index (χ2n) is 8.31. The molecule has 0 saturated carbocycles. The summed E-state index contributed by atoms with van der Waals surface area (Å²) in [5, 5.41) is 29.1. The van der Waals surface area contributed by atoms with Crippen molar-refractivity contribution in [1.82, 2.24) is 9.66 Å². The van der Waals surface area contributed by atoms with Crippen molar-refractivity contribution in [3.8, 4) is 0 Å². The molecule has 0 bridgehead atoms. The number of hydrazone groups is 2. The number of nitrogens with one attached hydrogen (secondary N) is 2. The Labute approximate surface area is 261 Å². The number of hydrogen-bond donors (Lipinski definition) is 2. The van der Waals surface area contributed by atoms with Crippen LogP contribution in [-0.2, 0) is 20.0 Å². The summed E-state index contributed by atoms with van der Waals surface area (Å²) < 4.78 is 47.7. The van der Waals surface area contributed by atoms with Gasteiger partial charge in [-0.25, -0.2) is 9.66 Å². The highest BCUT2D eigenvalue weighted by Crippen LogP contribution is 2.15. The molecule has 4 rings (SSSR count). The topological polar surface area (TPSA) is 203 Å². The molecule has 2 N–H and O–H groups in total. The van der Waals surface area contributed by atoms with Gasteiger partial charge in [0.25, 0.3) is 31.4 Å². The normalized spacial score (nSPS) is 11.5. The van der Waals surface area contributed by atoms with E-state index in [9.17, 15) is 37.1 Å². The molecule has 0 aliphatic heterocycles. The van der Waals surface area contributed by atoms with E-state index in [1.165, 1.54) is 109 Å². The van der Waals surface area contributed by atoms with Gasteiger partial charge >= 0.3 is 0 Å². The summed E-state index contributed by atoms with van der Waals surface area (Å²) in [6.45, 7) is 0. The van der Waals surface area contributed by atoms with E-state index < -0.39 is 29.9 Å². The van der Waals surface area contributed by atoms with Gasteiger partial charge in [-0.2, -0.15) is 27.0 Å². The summed E-state index contributed by atoms with van der Waals surface area (Å²) in [6.07, 6.45) is 2.49. The number of sulfonamides is 2. The predicted molar refractivity (Wildman–Crippen MR) is 165 cm³/mol. The van der Waals surface area contributed by atoms with Gasteiger partial charge in [-0.1, -0.05) is 23.2 Å². The average molecular weight is 680 g/mol. The van der Waals surface area contributed by atoms with E-state index in [1.807, 2.05) is 9.66 Å². The van der Waals surface area contributed by atoms with Crippen LogP contribution in [0.25, 0.3) is 0 Å². The van der Waals surface area contributed by atoms with E-state index in [1.54, 1.807) is 0 Å². The second-order valence-corrected chi connectivity index (χ2v) is 12.5. The Kier molecular flexibility index (Phi) is 11.5. The van der Waals surface area contributed by atoms with Gasteiger partial charge in [-0.3, -0.25) is 20.2 Å². The number of hydrogen-bond acceptors (Lipinski definition) is 10. The van der Waals surface area contributed by atoms with Crippen molar-refractivity contribution in [2.24, 2.45) is 10.2 Å². The molecule has 0 aromatic heterocycles. The van der Waals surface area contributed by atoms with Gasteiger partial charge in [-0.05, 0) is 83.9 Å². The maximum atomic E-state index is 11.9. The molecule has 0 radical (unpaired) electrons. The first-order valence-corrected chi connectivity index (χ1v) is 15.6. The summed E-state index contributed by atoms with van der Waals surface area (Å²) in [5.74, 6) is 0. The average Bonchev–Trinajstić information content (AvgIpc) is 2.98. The van der Waals surface area contributed by atoms with Gasteiger partial charge in [0.1, 0.15) is 0 Å². The fraction of sp³-hybridized carbons (Fsp3) is 0. The number of non-ortho nitro benzene ring substituents is 2. The maximum Gasteiger partial charge on any atom is 0.276 e. The lowest BCUT2D eigenvalue weighted by molar-refractivity contribution is -0.385. The molecule has 0 heterocycles. The van der Waals surface area contributed by atoms with Crippen LogP contribution in [-0.4, -0.2) is 39.1 Å². The number of nitro groups is 2. The third-order valence-corrected chi connectivity index (χ3v) is 8.21. The SMILES string of the molecule is O=[N+]([O-])c1ccc(/C=N/NS(=O)(=O)c2ccc(Cl)cc2)cc1.O=[N+]([O-])c1ccc(/C=N/NS(=O)(=O)c2ccc(Cl)cc2)cc1. The Morgan fingerprint density at radius 3 is 1.11 bits per heavy atom. The van der Waals surface area contributed by atoms with Crippen molar-refractivity contribution >= 4 is 67.1 Å². The highest BCUT2D eigenvalue weighted by Gasteiger charge is 2.13. The zero-order valence-electron chi connectivity index (χ0n) is 22.0. The fourth-order valence-corrected chi connectivity index (χ4v) is 4.87. The van der Waals surface area contributed by atoms with E-state index in [2.05, 4.69) is 10.2 Å². The van der Waals surface area contributed by atoms with Crippen molar-refractivity contribution in [1.29, 1.82) is 0 Å². The zero-order chi connectivity index (χ0) is 32.3. The highest BCUT2D eigenvalue weighted by atomic mass is 35.5.